The van der Waals surface area contributed by atoms with Gasteiger partial charge >= 0.3 is 11.9 Å². The van der Waals surface area contributed by atoms with Gasteiger partial charge in [-0.15, -0.1) is 0 Å². The van der Waals surface area contributed by atoms with Crippen LogP contribution in [0.1, 0.15) is 31.0 Å². The van der Waals surface area contributed by atoms with Crippen molar-refractivity contribution in [1.29, 1.82) is 0 Å². The number of hydrogen-bond donors (Lipinski definition) is 0. The number of benzene rings is 2. The van der Waals surface area contributed by atoms with E-state index in [1.54, 1.807) is 37.3 Å². The van der Waals surface area contributed by atoms with Gasteiger partial charge in [0.2, 0.25) is 0 Å². The van der Waals surface area contributed by atoms with Crippen molar-refractivity contribution in [3.8, 4) is 5.75 Å². The number of nitrogens with zero attached hydrogens (tertiary/aromatic N) is 2. The number of esters is 2. The minimum atomic E-state index is -0.764. The van der Waals surface area contributed by atoms with Crippen LogP contribution in [0.15, 0.2) is 86.7 Å². The summed E-state index contributed by atoms with van der Waals surface area (Å²) >= 11 is 4.70. The van der Waals surface area contributed by atoms with Gasteiger partial charge in [-0.25, -0.2) is 9.79 Å². The average Bonchev–Trinajstić information content (AvgIpc) is 3.11. The Morgan fingerprint density at radius 3 is 2.63 bits per heavy atom. The van der Waals surface area contributed by atoms with Crippen molar-refractivity contribution in [2.75, 3.05) is 6.61 Å². The van der Waals surface area contributed by atoms with Crippen molar-refractivity contribution in [3.05, 3.63) is 108 Å². The molecule has 0 amide bonds. The molecule has 35 heavy (non-hydrogen) atoms. The number of halogens is 1. The third-order valence-corrected chi connectivity index (χ3v) is 6.65. The van der Waals surface area contributed by atoms with Crippen molar-refractivity contribution in [2.24, 2.45) is 4.99 Å². The van der Waals surface area contributed by atoms with Gasteiger partial charge < -0.3 is 9.47 Å². The van der Waals surface area contributed by atoms with Gasteiger partial charge in [0.25, 0.3) is 5.56 Å². The first kappa shape index (κ1) is 24.6. The van der Waals surface area contributed by atoms with Crippen molar-refractivity contribution >= 4 is 45.3 Å². The molecular formula is C26H21BrN2O5S. The molecule has 0 bridgehead atoms. The van der Waals surface area contributed by atoms with Crippen LogP contribution in [0, 0.1) is 0 Å². The molecule has 0 N–H and O–H groups in total. The molecule has 1 unspecified atom stereocenters. The lowest BCUT2D eigenvalue weighted by molar-refractivity contribution is -0.138. The van der Waals surface area contributed by atoms with Gasteiger partial charge in [-0.3, -0.25) is 14.2 Å². The summed E-state index contributed by atoms with van der Waals surface area (Å²) in [6, 6.07) is 13.5. The van der Waals surface area contributed by atoms with Gasteiger partial charge in [0.1, 0.15) is 12.4 Å². The third kappa shape index (κ3) is 5.26. The second-order valence-electron chi connectivity index (χ2n) is 7.69. The molecule has 1 aromatic heterocycles. The van der Waals surface area contributed by atoms with Crippen molar-refractivity contribution in [2.45, 2.75) is 19.9 Å². The van der Waals surface area contributed by atoms with Crippen LogP contribution in [0.2, 0.25) is 0 Å². The smallest absolute Gasteiger partial charge is 0.338 e. The molecule has 0 saturated carbocycles. The summed E-state index contributed by atoms with van der Waals surface area (Å²) in [4.78, 5) is 43.0. The highest BCUT2D eigenvalue weighted by atomic mass is 79.9. The highest BCUT2D eigenvalue weighted by Gasteiger charge is 2.33. The number of carbonyl (C=O) groups excluding carboxylic acids is 2. The van der Waals surface area contributed by atoms with E-state index in [9.17, 15) is 14.4 Å². The number of rotatable bonds is 6. The molecule has 0 saturated heterocycles. The Kier molecular flexibility index (Phi) is 7.28. The minimum Gasteiger partial charge on any atom is -0.458 e. The first-order valence-corrected chi connectivity index (χ1v) is 12.2. The van der Waals surface area contributed by atoms with E-state index in [4.69, 9.17) is 9.47 Å². The molecule has 7 nitrogen and oxygen atoms in total. The zero-order chi connectivity index (χ0) is 25.1. The van der Waals surface area contributed by atoms with Crippen LogP contribution >= 0.6 is 27.3 Å². The molecule has 0 aliphatic carbocycles. The Labute approximate surface area is 213 Å². The van der Waals surface area contributed by atoms with Crippen LogP contribution < -0.4 is 19.6 Å². The monoisotopic (exact) mass is 552 g/mol. The molecule has 3 aromatic rings. The molecule has 0 spiro atoms. The molecule has 178 valence electrons. The molecule has 1 atom stereocenters. The SMILES string of the molecule is C=CCOC(=O)C1=C(C)N=c2sc(=Cc3cccc(Br)c3)c(=O)n2C1c1ccc(OC(C)=O)cc1. The van der Waals surface area contributed by atoms with Crippen LogP contribution in [0.25, 0.3) is 6.08 Å². The molecule has 1 aliphatic rings. The third-order valence-electron chi connectivity index (χ3n) is 5.18. The number of ether oxygens (including phenoxy) is 2. The maximum absolute atomic E-state index is 13.6. The normalized spacial score (nSPS) is 15.3. The molecule has 0 fully saturated rings. The van der Waals surface area contributed by atoms with Crippen molar-refractivity contribution < 1.29 is 19.1 Å². The van der Waals surface area contributed by atoms with E-state index in [-0.39, 0.29) is 17.7 Å². The van der Waals surface area contributed by atoms with Gasteiger partial charge in [0.15, 0.2) is 4.80 Å². The number of carbonyl (C=O) groups is 2. The van der Waals surface area contributed by atoms with Crippen LogP contribution in [-0.4, -0.2) is 23.1 Å². The predicted molar refractivity (Wildman–Crippen MR) is 137 cm³/mol. The highest BCUT2D eigenvalue weighted by molar-refractivity contribution is 9.10. The fourth-order valence-corrected chi connectivity index (χ4v) is 5.21. The van der Waals surface area contributed by atoms with Gasteiger partial charge in [-0.05, 0) is 48.4 Å². The Morgan fingerprint density at radius 1 is 1.23 bits per heavy atom. The minimum absolute atomic E-state index is 0.0288. The Morgan fingerprint density at radius 2 is 1.97 bits per heavy atom. The zero-order valence-electron chi connectivity index (χ0n) is 19.0. The van der Waals surface area contributed by atoms with E-state index in [2.05, 4.69) is 27.5 Å². The lowest BCUT2D eigenvalue weighted by Crippen LogP contribution is -2.39. The summed E-state index contributed by atoms with van der Waals surface area (Å²) in [6.07, 6.45) is 3.27. The molecular weight excluding hydrogens is 532 g/mol. The Balaban J connectivity index is 1.90. The second-order valence-corrected chi connectivity index (χ2v) is 9.61. The quantitative estimate of drug-likeness (QED) is 0.264. The molecule has 4 rings (SSSR count). The van der Waals surface area contributed by atoms with E-state index in [1.165, 1.54) is 28.9 Å². The Bertz CT molecular complexity index is 1530. The summed E-state index contributed by atoms with van der Waals surface area (Å²) in [6.45, 7) is 6.65. The second kappa shape index (κ2) is 10.4. The lowest BCUT2D eigenvalue weighted by atomic mass is 9.96. The van der Waals surface area contributed by atoms with E-state index < -0.39 is 18.0 Å². The standard InChI is InChI=1S/C26H21BrN2O5S/c1-4-12-33-25(32)22-15(2)28-26-29(23(22)18-8-10-20(11-9-18)34-16(3)30)24(31)21(35-26)14-17-6-5-7-19(27)13-17/h4-11,13-14,23H,1,12H2,2-3H3. The fourth-order valence-electron chi connectivity index (χ4n) is 3.74. The van der Waals surface area contributed by atoms with Crippen molar-refractivity contribution in [1.82, 2.24) is 4.57 Å². The van der Waals surface area contributed by atoms with Gasteiger partial charge in [0, 0.05) is 11.4 Å². The number of thiazole rings is 1. The van der Waals surface area contributed by atoms with Gasteiger partial charge in [-0.2, -0.15) is 0 Å². The van der Waals surface area contributed by atoms with Crippen LogP contribution in [0.3, 0.4) is 0 Å². The van der Waals surface area contributed by atoms with E-state index in [1.807, 2.05) is 24.3 Å². The summed E-state index contributed by atoms with van der Waals surface area (Å²) < 4.78 is 13.3. The summed E-state index contributed by atoms with van der Waals surface area (Å²) in [7, 11) is 0. The zero-order valence-corrected chi connectivity index (χ0v) is 21.4. The largest absolute Gasteiger partial charge is 0.458 e. The van der Waals surface area contributed by atoms with E-state index in [0.29, 0.717) is 26.3 Å². The van der Waals surface area contributed by atoms with Crippen LogP contribution in [0.5, 0.6) is 5.75 Å². The van der Waals surface area contributed by atoms with Crippen LogP contribution in [-0.2, 0) is 14.3 Å². The van der Waals surface area contributed by atoms with Gasteiger partial charge in [0.05, 0.1) is 21.8 Å². The summed E-state index contributed by atoms with van der Waals surface area (Å²) in [5, 5.41) is 0. The summed E-state index contributed by atoms with van der Waals surface area (Å²) in [5.41, 5.74) is 1.95. The van der Waals surface area contributed by atoms with Gasteiger partial charge in [-0.1, -0.05) is 64.2 Å². The van der Waals surface area contributed by atoms with E-state index >= 15 is 0 Å². The highest BCUT2D eigenvalue weighted by Crippen LogP contribution is 2.31. The number of hydrogen-bond acceptors (Lipinski definition) is 7. The summed E-state index contributed by atoms with van der Waals surface area (Å²) in [5.74, 6) is -0.663. The topological polar surface area (TPSA) is 87.0 Å². The molecule has 2 aromatic carbocycles. The first-order chi connectivity index (χ1) is 16.8. The molecule has 2 heterocycles. The molecule has 9 heteroatoms. The van der Waals surface area contributed by atoms with E-state index in [0.717, 1.165) is 10.0 Å². The average molecular weight is 553 g/mol. The molecule has 1 aliphatic heterocycles. The maximum atomic E-state index is 13.6. The van der Waals surface area contributed by atoms with Crippen molar-refractivity contribution in [3.63, 3.8) is 0 Å². The first-order valence-electron chi connectivity index (χ1n) is 10.6. The number of aromatic nitrogens is 1. The lowest BCUT2D eigenvalue weighted by Gasteiger charge is -2.24. The fraction of sp³-hybridized carbons (Fsp3) is 0.154. The maximum Gasteiger partial charge on any atom is 0.338 e. The van der Waals surface area contributed by atoms with Crippen LogP contribution in [0.4, 0.5) is 0 Å². The Hall–Kier alpha value is -3.56. The number of fused-ring (bicyclic) bond motifs is 1. The number of allylic oxidation sites excluding steroid dienone is 1. The predicted octanol–water partition coefficient (Wildman–Crippen LogP) is 3.65. The molecule has 0 radical (unpaired) electrons.